The number of aliphatic hydroxyl groups excluding tert-OH is 1. The summed E-state index contributed by atoms with van der Waals surface area (Å²) in [6, 6.07) is 20.1. The molecule has 3 atom stereocenters. The third kappa shape index (κ3) is 15.7. The Labute approximate surface area is 493 Å². The number of piperidine rings is 1. The maximum atomic E-state index is 15.3. The largest absolute Gasteiger partial charge is 0.543 e. The van der Waals surface area contributed by atoms with Gasteiger partial charge in [0.2, 0.25) is 0 Å². The molecule has 0 saturated carbocycles. The molecule has 7 rings (SSSR count). The number of likely N-dealkylation sites (tertiary alicyclic amines) is 1. The van der Waals surface area contributed by atoms with Crippen molar-refractivity contribution in [1.82, 2.24) is 30.2 Å². The predicted octanol–water partition coefficient (Wildman–Crippen LogP) is 13.3. The van der Waals surface area contributed by atoms with Crippen LogP contribution in [0.2, 0.25) is 16.6 Å². The van der Waals surface area contributed by atoms with Crippen LogP contribution < -0.4 is 15.2 Å². The number of hydrazine groups is 1. The number of aliphatic hydroxyl groups is 1. The molecule has 0 aliphatic carbocycles. The number of halogens is 3. The number of benzene rings is 3. The minimum absolute atomic E-state index is 0.0801. The van der Waals surface area contributed by atoms with Crippen molar-refractivity contribution in [2.75, 3.05) is 33.4 Å². The fraction of sp³-hybridized carbons (Fsp3) is 0.547. The van der Waals surface area contributed by atoms with Gasteiger partial charge in [-0.25, -0.2) is 15.0 Å². The Balaban J connectivity index is 1.40. The summed E-state index contributed by atoms with van der Waals surface area (Å²) in [5.41, 5.74) is 7.11. The Kier molecular flexibility index (Phi) is 20.8. The van der Waals surface area contributed by atoms with Gasteiger partial charge in [0.05, 0.1) is 17.5 Å². The van der Waals surface area contributed by atoms with Crippen LogP contribution in [0.3, 0.4) is 0 Å². The maximum Gasteiger partial charge on any atom is 0.410 e. The van der Waals surface area contributed by atoms with E-state index in [0.717, 1.165) is 11.1 Å². The van der Waals surface area contributed by atoms with E-state index in [4.69, 9.17) is 23.6 Å². The quantitative estimate of drug-likeness (QED) is 0.0509. The maximum absolute atomic E-state index is 15.3. The van der Waals surface area contributed by atoms with Crippen LogP contribution in [0, 0.1) is 5.41 Å². The molecule has 2 aliphatic rings. The summed E-state index contributed by atoms with van der Waals surface area (Å²) in [6.45, 7) is 23.2. The zero-order valence-corrected chi connectivity index (χ0v) is 52.1. The first-order chi connectivity index (χ1) is 39.4. The highest BCUT2D eigenvalue weighted by Crippen LogP contribution is 2.47. The number of nitrogens with zero attached hydrogens (tertiary/aromatic N) is 4. The van der Waals surface area contributed by atoms with Gasteiger partial charge in [-0.2, -0.15) is 13.2 Å². The Morgan fingerprint density at radius 1 is 0.833 bits per heavy atom. The highest BCUT2D eigenvalue weighted by atomic mass is 28.4. The molecular weight excluding hydrogens is 1100 g/mol. The molecule has 0 spiro atoms. The number of methoxy groups -OCH3 is 1. The standard InChI is InChI=1S/C64H87F3N6O10Si/c1-39(2)84(40(3)4,41(5)6)83-49-29-44(30-54(69-60(78)82-62(8,9)10)58(75)73-25-17-20-53(70-73)59(76)77)28-47(31-49)46-21-22-55-50(32-46)52(34-63(11,12)38-74)57(72(55)37-64(65,66)67)51-33-48(35-68-56(51)42(7)80-13)45-23-26-71(27-24-45)61(79)81-36-43-18-15-14-16-19-43/h14-16,18-19,21-22,28-29,31-33,35,39-42,45,53-54,70,74H,17,20,23-27,30,34,36-38H2,1-13H3,(H,69,78)(H,76,77)/t42-,53-,54-/m0/s1. The molecule has 458 valence electrons. The van der Waals surface area contributed by atoms with E-state index >= 15 is 13.2 Å². The number of carbonyl (C=O) groups excluding carboxylic acids is 3. The summed E-state index contributed by atoms with van der Waals surface area (Å²) in [5, 5.41) is 25.4. The average molecular weight is 1190 g/mol. The lowest BCUT2D eigenvalue weighted by Gasteiger charge is -2.42. The Bertz CT molecular complexity index is 3090. The fourth-order valence-electron chi connectivity index (χ4n) is 12.3. The molecule has 4 N–H and O–H groups in total. The summed E-state index contributed by atoms with van der Waals surface area (Å²) >= 11 is 0. The van der Waals surface area contributed by atoms with E-state index in [1.807, 2.05) is 74.5 Å². The molecule has 2 aliphatic heterocycles. The lowest BCUT2D eigenvalue weighted by Crippen LogP contribution is -2.60. The summed E-state index contributed by atoms with van der Waals surface area (Å²) in [7, 11) is -1.16. The van der Waals surface area contributed by atoms with E-state index in [1.54, 1.807) is 50.9 Å². The average Bonchev–Trinajstić information content (AvgIpc) is 1.79. The van der Waals surface area contributed by atoms with E-state index in [1.165, 1.54) is 16.7 Å². The highest BCUT2D eigenvalue weighted by Gasteiger charge is 2.47. The number of ether oxygens (including phenoxy) is 3. The number of carboxylic acids is 1. The number of alkyl carbamates (subject to hydrolysis) is 1. The highest BCUT2D eigenvalue weighted by molar-refractivity contribution is 6.78. The van der Waals surface area contributed by atoms with E-state index in [9.17, 15) is 29.4 Å². The second kappa shape index (κ2) is 26.8. The van der Waals surface area contributed by atoms with Gasteiger partial charge in [-0.05, 0) is 151 Å². The zero-order valence-electron chi connectivity index (χ0n) is 51.1. The molecule has 20 heteroatoms. The number of nitrogens with one attached hydrogen (secondary N) is 2. The predicted molar refractivity (Wildman–Crippen MR) is 321 cm³/mol. The molecule has 0 radical (unpaired) electrons. The zero-order chi connectivity index (χ0) is 61.6. The summed E-state index contributed by atoms with van der Waals surface area (Å²) < 4.78 is 71.8. The molecule has 84 heavy (non-hydrogen) atoms. The van der Waals surface area contributed by atoms with Gasteiger partial charge in [-0.3, -0.25) is 19.6 Å². The summed E-state index contributed by atoms with van der Waals surface area (Å²) in [5.74, 6) is -1.26. The van der Waals surface area contributed by atoms with E-state index in [2.05, 4.69) is 52.3 Å². The van der Waals surface area contributed by atoms with Crippen LogP contribution in [0.4, 0.5) is 22.8 Å². The molecule has 5 aromatic rings. The molecule has 2 aromatic heterocycles. The smallest absolute Gasteiger partial charge is 0.410 e. The van der Waals surface area contributed by atoms with E-state index in [0.29, 0.717) is 94.6 Å². The number of rotatable bonds is 21. The van der Waals surface area contributed by atoms with Gasteiger partial charge < -0.3 is 43.6 Å². The summed E-state index contributed by atoms with van der Waals surface area (Å²) in [6.07, 6.45) is -2.92. The number of alkyl halides is 3. The van der Waals surface area contributed by atoms with Crippen LogP contribution in [-0.2, 0) is 49.8 Å². The van der Waals surface area contributed by atoms with Gasteiger partial charge in [0.1, 0.15) is 36.6 Å². The van der Waals surface area contributed by atoms with Gasteiger partial charge in [0, 0.05) is 62.4 Å². The van der Waals surface area contributed by atoms with Crippen molar-refractivity contribution in [3.63, 3.8) is 0 Å². The number of carbonyl (C=O) groups is 4. The van der Waals surface area contributed by atoms with Crippen molar-refractivity contribution in [2.24, 2.45) is 5.41 Å². The second-order valence-corrected chi connectivity index (χ2v) is 30.9. The molecule has 3 aromatic carbocycles. The Morgan fingerprint density at radius 3 is 2.10 bits per heavy atom. The van der Waals surface area contributed by atoms with Crippen molar-refractivity contribution in [1.29, 1.82) is 0 Å². The number of aliphatic carboxylic acids is 1. The topological polar surface area (TPSA) is 194 Å². The normalized spacial score (nSPS) is 16.5. The first-order valence-electron chi connectivity index (χ1n) is 29.4. The number of pyridine rings is 1. The molecule has 2 saturated heterocycles. The van der Waals surface area contributed by atoms with Gasteiger partial charge in [-0.1, -0.05) is 97.9 Å². The van der Waals surface area contributed by atoms with Crippen molar-refractivity contribution >= 4 is 43.3 Å². The van der Waals surface area contributed by atoms with Crippen LogP contribution in [0.15, 0.2) is 79.0 Å². The van der Waals surface area contributed by atoms with Crippen LogP contribution in [0.1, 0.15) is 149 Å². The molecule has 0 bridgehead atoms. The second-order valence-electron chi connectivity index (χ2n) is 25.5. The van der Waals surface area contributed by atoms with Gasteiger partial charge in [0.25, 0.3) is 14.2 Å². The molecule has 16 nitrogen and oxygen atoms in total. The van der Waals surface area contributed by atoms with Gasteiger partial charge in [-0.15, -0.1) is 0 Å². The van der Waals surface area contributed by atoms with E-state index in [-0.39, 0.29) is 55.1 Å². The SMILES string of the molecule is CO[C@@H](C)c1ncc(C2CCN(C(=O)OCc3ccccc3)CC2)cc1-c1c(CC(C)(C)CO)c2cc(-c3cc(C[C@H](NC(=O)OC(C)(C)C)C(=O)N4CCC[C@@H](C(=O)O)N4)cc(O[Si](C(C)C)(C(C)C)C(C)C)c3)ccc2n1CC(F)(F)F. The lowest BCUT2D eigenvalue weighted by atomic mass is 9.83. The number of hydrogen-bond donors (Lipinski definition) is 4. The number of hydrogen-bond acceptors (Lipinski definition) is 11. The van der Waals surface area contributed by atoms with Crippen LogP contribution in [0.5, 0.6) is 5.75 Å². The molecule has 4 heterocycles. The lowest BCUT2D eigenvalue weighted by molar-refractivity contribution is -0.147. The summed E-state index contributed by atoms with van der Waals surface area (Å²) in [4.78, 5) is 60.2. The third-order valence-electron chi connectivity index (χ3n) is 16.4. The van der Waals surface area contributed by atoms with Crippen LogP contribution >= 0.6 is 0 Å². The van der Waals surface area contributed by atoms with Crippen molar-refractivity contribution < 1.29 is 61.2 Å². The Morgan fingerprint density at radius 2 is 1.50 bits per heavy atom. The Hall–Kier alpha value is -6.48. The van der Waals surface area contributed by atoms with Crippen molar-refractivity contribution in [3.05, 3.63) is 107 Å². The van der Waals surface area contributed by atoms with Gasteiger partial charge in [0.15, 0.2) is 0 Å². The monoisotopic (exact) mass is 1180 g/mol. The number of amides is 3. The minimum atomic E-state index is -4.68. The van der Waals surface area contributed by atoms with Crippen molar-refractivity contribution in [2.45, 2.75) is 187 Å². The van der Waals surface area contributed by atoms with E-state index < -0.39 is 74.3 Å². The number of fused-ring (bicyclic) bond motifs is 1. The number of carboxylic acid groups (broad SMARTS) is 1. The van der Waals surface area contributed by atoms with Gasteiger partial charge >= 0.3 is 24.3 Å². The third-order valence-corrected chi connectivity index (χ3v) is 22.4. The molecule has 2 fully saturated rings. The molecule has 0 unspecified atom stereocenters. The first kappa shape index (κ1) is 65.1. The minimum Gasteiger partial charge on any atom is -0.543 e. The molecule has 3 amide bonds. The molecular formula is C64H87F3N6O10Si. The fourth-order valence-corrected chi connectivity index (χ4v) is 17.5. The number of aromatic nitrogens is 2. The van der Waals surface area contributed by atoms with Crippen LogP contribution in [-0.4, -0.2) is 119 Å². The van der Waals surface area contributed by atoms with Crippen molar-refractivity contribution in [3.8, 4) is 28.1 Å². The first-order valence-corrected chi connectivity index (χ1v) is 31.5. The van der Waals surface area contributed by atoms with Crippen LogP contribution in [0.25, 0.3) is 33.3 Å².